The van der Waals surface area contributed by atoms with Crippen LogP contribution >= 0.6 is 35.8 Å². The van der Waals surface area contributed by atoms with Crippen LogP contribution < -0.4 is 10.6 Å². The normalized spacial score (nSPS) is 18.1. The Bertz CT molecular complexity index is 408. The maximum absolute atomic E-state index is 11.8. The van der Waals surface area contributed by atoms with E-state index in [1.165, 1.54) is 5.56 Å². The first kappa shape index (κ1) is 17.6. The monoisotopic (exact) mass is 334 g/mol. The highest BCUT2D eigenvalue weighted by Gasteiger charge is 2.16. The number of amides is 1. The topological polar surface area (TPSA) is 41.1 Å². The van der Waals surface area contributed by atoms with Gasteiger partial charge in [-0.05, 0) is 24.1 Å². The van der Waals surface area contributed by atoms with Crippen LogP contribution in [-0.2, 0) is 11.2 Å². The zero-order chi connectivity index (χ0) is 13.5. The van der Waals surface area contributed by atoms with E-state index < -0.39 is 0 Å². The van der Waals surface area contributed by atoms with Gasteiger partial charge in [-0.25, -0.2) is 0 Å². The quantitative estimate of drug-likeness (QED) is 0.869. The second-order valence-corrected chi connectivity index (χ2v) is 6.24. The molecule has 112 valence electrons. The van der Waals surface area contributed by atoms with Crippen LogP contribution in [0, 0.1) is 0 Å². The van der Waals surface area contributed by atoms with Crippen molar-refractivity contribution in [1.82, 2.24) is 10.6 Å². The first-order valence-corrected chi connectivity index (χ1v) is 8.09. The molecule has 1 aromatic carbocycles. The van der Waals surface area contributed by atoms with Gasteiger partial charge >= 0.3 is 0 Å². The van der Waals surface area contributed by atoms with E-state index in [1.54, 1.807) is 0 Å². The predicted octanol–water partition coefficient (Wildman–Crippen LogP) is 2.52. The van der Waals surface area contributed by atoms with Gasteiger partial charge in [-0.2, -0.15) is 11.8 Å². The minimum Gasteiger partial charge on any atom is -0.356 e. The second kappa shape index (κ2) is 9.50. The van der Waals surface area contributed by atoms with Crippen LogP contribution in [0.2, 0.25) is 5.02 Å². The number of thioether (sulfide) groups is 1. The van der Waals surface area contributed by atoms with Crippen molar-refractivity contribution in [2.75, 3.05) is 24.6 Å². The molecular formula is C14H20Cl2N2OS. The highest BCUT2D eigenvalue weighted by atomic mass is 35.5. The molecule has 0 aromatic heterocycles. The lowest BCUT2D eigenvalue weighted by molar-refractivity contribution is -0.121. The van der Waals surface area contributed by atoms with E-state index in [1.807, 2.05) is 36.0 Å². The third kappa shape index (κ3) is 6.35. The van der Waals surface area contributed by atoms with Crippen molar-refractivity contribution >= 4 is 41.7 Å². The van der Waals surface area contributed by atoms with Crippen molar-refractivity contribution < 1.29 is 4.79 Å². The first-order valence-electron chi connectivity index (χ1n) is 6.56. The van der Waals surface area contributed by atoms with Crippen molar-refractivity contribution in [2.45, 2.75) is 18.9 Å². The minimum atomic E-state index is 0. The van der Waals surface area contributed by atoms with Crippen molar-refractivity contribution in [2.24, 2.45) is 0 Å². The lowest BCUT2D eigenvalue weighted by atomic mass is 10.1. The van der Waals surface area contributed by atoms with E-state index in [-0.39, 0.29) is 18.3 Å². The van der Waals surface area contributed by atoms with Gasteiger partial charge in [0.15, 0.2) is 0 Å². The Balaban J connectivity index is 0.00000200. The molecule has 2 N–H and O–H groups in total. The summed E-state index contributed by atoms with van der Waals surface area (Å²) in [7, 11) is 0. The first-order chi connectivity index (χ1) is 9.24. The Morgan fingerprint density at radius 2 is 2.15 bits per heavy atom. The molecule has 0 aliphatic carbocycles. The molecule has 6 heteroatoms. The average molecular weight is 335 g/mol. The highest BCUT2D eigenvalue weighted by Crippen LogP contribution is 2.11. The molecule has 2 rings (SSSR count). The number of carbonyl (C=O) groups is 1. The number of nitrogens with one attached hydrogen (secondary N) is 2. The number of hydrogen-bond acceptors (Lipinski definition) is 3. The maximum atomic E-state index is 11.8. The van der Waals surface area contributed by atoms with Crippen LogP contribution in [0.15, 0.2) is 24.3 Å². The average Bonchev–Trinajstić information content (AvgIpc) is 2.42. The lowest BCUT2D eigenvalue weighted by Gasteiger charge is -2.22. The molecule has 1 aliphatic rings. The lowest BCUT2D eigenvalue weighted by Crippen LogP contribution is -2.41. The Morgan fingerprint density at radius 1 is 1.40 bits per heavy atom. The summed E-state index contributed by atoms with van der Waals surface area (Å²) in [4.78, 5) is 11.8. The third-order valence-corrected chi connectivity index (χ3v) is 4.46. The van der Waals surface area contributed by atoms with Crippen molar-refractivity contribution in [3.63, 3.8) is 0 Å². The molecule has 1 atom stereocenters. The van der Waals surface area contributed by atoms with E-state index in [9.17, 15) is 4.79 Å². The van der Waals surface area contributed by atoms with Gasteiger partial charge in [0.05, 0.1) is 0 Å². The van der Waals surface area contributed by atoms with E-state index in [4.69, 9.17) is 11.6 Å². The van der Waals surface area contributed by atoms with Gasteiger partial charge in [-0.1, -0.05) is 23.7 Å². The van der Waals surface area contributed by atoms with Crippen LogP contribution in [0.25, 0.3) is 0 Å². The van der Waals surface area contributed by atoms with Crippen molar-refractivity contribution in [3.05, 3.63) is 34.9 Å². The standard InChI is InChI=1S/C14H19ClN2OS.ClH/c15-12-3-1-11(2-4-12)5-6-17-14(18)9-13-10-19-8-7-16-13;/h1-4,13,16H,5-10H2,(H,17,18);1H. The summed E-state index contributed by atoms with van der Waals surface area (Å²) in [5.74, 6) is 2.31. The molecule has 1 aliphatic heterocycles. The van der Waals surface area contributed by atoms with Crippen LogP contribution in [0.5, 0.6) is 0 Å². The third-order valence-electron chi connectivity index (χ3n) is 3.08. The summed E-state index contributed by atoms with van der Waals surface area (Å²) in [6.07, 6.45) is 1.42. The van der Waals surface area contributed by atoms with E-state index in [0.29, 0.717) is 19.0 Å². The fourth-order valence-corrected chi connectivity index (χ4v) is 3.12. The van der Waals surface area contributed by atoms with Gasteiger partial charge in [0, 0.05) is 42.1 Å². The molecule has 1 amide bonds. The van der Waals surface area contributed by atoms with Gasteiger partial charge in [0.2, 0.25) is 5.91 Å². The molecule has 1 fully saturated rings. The number of carbonyl (C=O) groups excluding carboxylic acids is 1. The highest BCUT2D eigenvalue weighted by molar-refractivity contribution is 7.99. The Labute approximate surface area is 135 Å². The Kier molecular flexibility index (Phi) is 8.38. The SMILES string of the molecule is Cl.O=C(CC1CSCCN1)NCCc1ccc(Cl)cc1. The summed E-state index contributed by atoms with van der Waals surface area (Å²) in [6, 6.07) is 8.07. The van der Waals surface area contributed by atoms with Gasteiger partial charge in [0.1, 0.15) is 0 Å². The second-order valence-electron chi connectivity index (χ2n) is 4.66. The molecule has 1 aromatic rings. The van der Waals surface area contributed by atoms with E-state index >= 15 is 0 Å². The summed E-state index contributed by atoms with van der Waals surface area (Å²) >= 11 is 7.74. The number of halogens is 2. The molecule has 1 heterocycles. The largest absolute Gasteiger partial charge is 0.356 e. The minimum absolute atomic E-state index is 0. The molecule has 3 nitrogen and oxygen atoms in total. The van der Waals surface area contributed by atoms with Gasteiger partial charge in [-0.15, -0.1) is 12.4 Å². The van der Waals surface area contributed by atoms with Crippen molar-refractivity contribution in [1.29, 1.82) is 0 Å². The van der Waals surface area contributed by atoms with Crippen LogP contribution in [0.4, 0.5) is 0 Å². The molecule has 0 saturated carbocycles. The molecular weight excluding hydrogens is 315 g/mol. The fraction of sp³-hybridized carbons (Fsp3) is 0.500. The molecule has 20 heavy (non-hydrogen) atoms. The number of benzene rings is 1. The van der Waals surface area contributed by atoms with Gasteiger partial charge in [0.25, 0.3) is 0 Å². The van der Waals surface area contributed by atoms with Crippen molar-refractivity contribution in [3.8, 4) is 0 Å². The van der Waals surface area contributed by atoms with Crippen LogP contribution in [0.1, 0.15) is 12.0 Å². The molecule has 0 radical (unpaired) electrons. The maximum Gasteiger partial charge on any atom is 0.221 e. The molecule has 1 unspecified atom stereocenters. The van der Waals surface area contributed by atoms with Gasteiger partial charge in [-0.3, -0.25) is 4.79 Å². The summed E-state index contributed by atoms with van der Waals surface area (Å²) < 4.78 is 0. The summed E-state index contributed by atoms with van der Waals surface area (Å²) in [5, 5.41) is 7.08. The predicted molar refractivity (Wildman–Crippen MR) is 89.1 cm³/mol. The van der Waals surface area contributed by atoms with Crippen LogP contribution in [0.3, 0.4) is 0 Å². The summed E-state index contributed by atoms with van der Waals surface area (Å²) in [5.41, 5.74) is 1.19. The zero-order valence-corrected chi connectivity index (χ0v) is 13.6. The smallest absolute Gasteiger partial charge is 0.221 e. The molecule has 1 saturated heterocycles. The molecule has 0 bridgehead atoms. The Hall–Kier alpha value is -0.420. The van der Waals surface area contributed by atoms with E-state index in [2.05, 4.69) is 10.6 Å². The summed E-state index contributed by atoms with van der Waals surface area (Å²) in [6.45, 7) is 1.69. The van der Waals surface area contributed by atoms with E-state index in [0.717, 1.165) is 29.5 Å². The zero-order valence-electron chi connectivity index (χ0n) is 11.2. The Morgan fingerprint density at radius 3 is 2.80 bits per heavy atom. The number of rotatable bonds is 5. The van der Waals surface area contributed by atoms with Crippen LogP contribution in [-0.4, -0.2) is 36.5 Å². The fourth-order valence-electron chi connectivity index (χ4n) is 2.04. The van der Waals surface area contributed by atoms with Gasteiger partial charge < -0.3 is 10.6 Å². The number of hydrogen-bond donors (Lipinski definition) is 2. The molecule has 0 spiro atoms.